The standard InChI is InChI=1S/C80H57NO2S2/c1-3-4-5-6-17-49-40-67-66-44-51(48(2)50-18-13-20-56(42-50)58-25-15-30-76-78(58)61-23-8-11-28-74(61)84-76)33-37-73(66)83-80(67)70(41-49)81-68-27-10-7-22-60(68)63-45-53(32-36-69(63)81)55-35-39-72-65(47-55)64-46-54(34-38-71(64)82-72)52-19-14-21-57(43-52)59-26-16-31-77-79(59)62-24-9-12-29-75(62)85-77/h7-16,18-48H,3-6,17H2,1-2H3. The van der Waals surface area contributed by atoms with Crippen LogP contribution in [0.15, 0.2) is 251 Å². The zero-order valence-corrected chi connectivity index (χ0v) is 48.9. The molecule has 85 heavy (non-hydrogen) atoms. The molecular formula is C80H57NO2S2. The van der Waals surface area contributed by atoms with Gasteiger partial charge in [0.15, 0.2) is 5.58 Å². The molecule has 0 saturated carbocycles. The monoisotopic (exact) mass is 1130 g/mol. The van der Waals surface area contributed by atoms with Gasteiger partial charge >= 0.3 is 0 Å². The van der Waals surface area contributed by atoms with Crippen LogP contribution in [0.1, 0.15) is 62.1 Å². The number of hydrogen-bond donors (Lipinski definition) is 0. The molecule has 0 radical (unpaired) electrons. The van der Waals surface area contributed by atoms with Crippen LogP contribution in [-0.2, 0) is 6.42 Å². The summed E-state index contributed by atoms with van der Waals surface area (Å²) in [7, 11) is 0. The van der Waals surface area contributed by atoms with E-state index in [0.29, 0.717) is 0 Å². The van der Waals surface area contributed by atoms with Crippen molar-refractivity contribution in [1.29, 1.82) is 0 Å². The maximum Gasteiger partial charge on any atom is 0.159 e. The lowest BCUT2D eigenvalue weighted by Crippen LogP contribution is -1.97. The van der Waals surface area contributed by atoms with Crippen LogP contribution in [0.25, 0.3) is 156 Å². The predicted octanol–water partition coefficient (Wildman–Crippen LogP) is 24.3. The van der Waals surface area contributed by atoms with E-state index < -0.39 is 0 Å². The second-order valence-corrected chi connectivity index (χ2v) is 25.4. The summed E-state index contributed by atoms with van der Waals surface area (Å²) < 4.78 is 21.4. The molecule has 1 atom stereocenters. The minimum atomic E-state index is 0.157. The Labute approximate surface area is 500 Å². The minimum absolute atomic E-state index is 0.157. The average Bonchev–Trinajstić information content (AvgIpc) is 1.92. The molecule has 5 heteroatoms. The Kier molecular flexibility index (Phi) is 11.8. The van der Waals surface area contributed by atoms with Crippen molar-refractivity contribution in [2.45, 2.75) is 51.9 Å². The number of fused-ring (bicyclic) bond motifs is 15. The highest BCUT2D eigenvalue weighted by Gasteiger charge is 2.23. The lowest BCUT2D eigenvalue weighted by molar-refractivity contribution is 0.661. The van der Waals surface area contributed by atoms with Gasteiger partial charge < -0.3 is 13.4 Å². The van der Waals surface area contributed by atoms with Crippen LogP contribution >= 0.6 is 22.7 Å². The van der Waals surface area contributed by atoms with E-state index >= 15 is 0 Å². The lowest BCUT2D eigenvalue weighted by atomic mass is 9.89. The molecule has 17 rings (SSSR count). The Morgan fingerprint density at radius 1 is 0.365 bits per heavy atom. The first kappa shape index (κ1) is 50.0. The van der Waals surface area contributed by atoms with Crippen LogP contribution in [0, 0.1) is 0 Å². The summed E-state index contributed by atoms with van der Waals surface area (Å²) in [5.41, 5.74) is 20.6. The first-order valence-electron chi connectivity index (χ1n) is 30.0. The quantitative estimate of drug-likeness (QED) is 0.114. The summed E-state index contributed by atoms with van der Waals surface area (Å²) in [4.78, 5) is 0. The average molecular weight is 1130 g/mol. The van der Waals surface area contributed by atoms with E-state index in [-0.39, 0.29) is 5.92 Å². The van der Waals surface area contributed by atoms with Gasteiger partial charge in [0.25, 0.3) is 0 Å². The van der Waals surface area contributed by atoms with Crippen molar-refractivity contribution in [3.63, 3.8) is 0 Å². The molecule has 5 aromatic heterocycles. The molecule has 0 spiro atoms. The normalized spacial score (nSPS) is 12.5. The van der Waals surface area contributed by atoms with Crippen molar-refractivity contribution in [2.24, 2.45) is 0 Å². The fourth-order valence-electron chi connectivity index (χ4n) is 13.9. The van der Waals surface area contributed by atoms with E-state index in [9.17, 15) is 0 Å². The molecule has 0 saturated heterocycles. The molecule has 17 aromatic rings. The molecule has 0 N–H and O–H groups in total. The van der Waals surface area contributed by atoms with Gasteiger partial charge in [0.2, 0.25) is 0 Å². The Bertz CT molecular complexity index is 5530. The zero-order valence-electron chi connectivity index (χ0n) is 47.3. The van der Waals surface area contributed by atoms with Gasteiger partial charge in [0.1, 0.15) is 16.7 Å². The fraction of sp³-hybridized carbons (Fsp3) is 0.100. The molecule has 406 valence electrons. The Morgan fingerprint density at radius 3 is 1.60 bits per heavy atom. The van der Waals surface area contributed by atoms with Crippen LogP contribution in [0.4, 0.5) is 0 Å². The van der Waals surface area contributed by atoms with Gasteiger partial charge in [-0.05, 0) is 171 Å². The number of hydrogen-bond acceptors (Lipinski definition) is 4. The molecule has 12 aromatic carbocycles. The third-order valence-electron chi connectivity index (χ3n) is 18.2. The van der Waals surface area contributed by atoms with Gasteiger partial charge in [-0.15, -0.1) is 22.7 Å². The molecule has 3 nitrogen and oxygen atoms in total. The van der Waals surface area contributed by atoms with Crippen molar-refractivity contribution >= 4 is 129 Å². The molecular weight excluding hydrogens is 1070 g/mol. The second kappa shape index (κ2) is 20.1. The number of aromatic nitrogens is 1. The van der Waals surface area contributed by atoms with E-state index in [1.807, 2.05) is 22.7 Å². The molecule has 0 fully saturated rings. The third kappa shape index (κ3) is 8.27. The van der Waals surface area contributed by atoms with Crippen LogP contribution in [-0.4, -0.2) is 4.57 Å². The van der Waals surface area contributed by atoms with Gasteiger partial charge in [-0.2, -0.15) is 0 Å². The molecule has 1 unspecified atom stereocenters. The van der Waals surface area contributed by atoms with Gasteiger partial charge in [-0.3, -0.25) is 0 Å². The molecule has 0 amide bonds. The summed E-state index contributed by atoms with van der Waals surface area (Å²) in [5.74, 6) is 0.157. The summed E-state index contributed by atoms with van der Waals surface area (Å²) in [6.07, 6.45) is 5.82. The molecule has 5 heterocycles. The van der Waals surface area contributed by atoms with E-state index in [2.05, 4.69) is 261 Å². The van der Waals surface area contributed by atoms with Gasteiger partial charge in [0.05, 0.1) is 16.7 Å². The highest BCUT2D eigenvalue weighted by Crippen LogP contribution is 2.46. The van der Waals surface area contributed by atoms with E-state index in [1.165, 1.54) is 120 Å². The van der Waals surface area contributed by atoms with E-state index in [0.717, 1.165) is 84.7 Å². The zero-order chi connectivity index (χ0) is 56.3. The van der Waals surface area contributed by atoms with Crippen molar-refractivity contribution < 1.29 is 8.83 Å². The van der Waals surface area contributed by atoms with Gasteiger partial charge in [0, 0.05) is 78.6 Å². The van der Waals surface area contributed by atoms with Crippen LogP contribution in [0.2, 0.25) is 0 Å². The third-order valence-corrected chi connectivity index (χ3v) is 20.5. The number of benzene rings is 12. The van der Waals surface area contributed by atoms with E-state index in [4.69, 9.17) is 8.83 Å². The molecule has 0 aliphatic carbocycles. The van der Waals surface area contributed by atoms with Crippen LogP contribution < -0.4 is 0 Å². The smallest absolute Gasteiger partial charge is 0.159 e. The lowest BCUT2D eigenvalue weighted by Gasteiger charge is -2.15. The molecule has 0 aliphatic heterocycles. The second-order valence-electron chi connectivity index (χ2n) is 23.3. The minimum Gasteiger partial charge on any atom is -0.456 e. The summed E-state index contributed by atoms with van der Waals surface area (Å²) in [5, 5.41) is 12.3. The van der Waals surface area contributed by atoms with E-state index in [1.54, 1.807) is 0 Å². The SMILES string of the molecule is CCCCCCc1cc(-n2c3ccccc3c3cc(-c4ccc5oc6ccc(-c7cccc(-c8cccc9sc%10ccccc%10c89)c7)cc6c5c4)ccc32)c2oc3ccc(C(C)c4cccc(-c5cccc6sc7ccccc7c56)c4)cc3c2c1. The van der Waals surface area contributed by atoms with Crippen LogP contribution in [0.3, 0.4) is 0 Å². The topological polar surface area (TPSA) is 31.2 Å². The maximum absolute atomic E-state index is 7.11. The van der Waals surface area contributed by atoms with Gasteiger partial charge in [-0.25, -0.2) is 0 Å². The Balaban J connectivity index is 0.747. The molecule has 0 bridgehead atoms. The fourth-order valence-corrected chi connectivity index (χ4v) is 16.1. The Hall–Kier alpha value is -9.52. The predicted molar refractivity (Wildman–Crippen MR) is 365 cm³/mol. The van der Waals surface area contributed by atoms with Crippen molar-refractivity contribution in [3.05, 3.63) is 259 Å². The largest absolute Gasteiger partial charge is 0.456 e. The maximum atomic E-state index is 7.11. The summed E-state index contributed by atoms with van der Waals surface area (Å²) in [6, 6.07) is 90.2. The Morgan fingerprint density at radius 2 is 0.894 bits per heavy atom. The number of para-hydroxylation sites is 1. The first-order chi connectivity index (χ1) is 42.0. The highest BCUT2D eigenvalue weighted by atomic mass is 32.1. The number of nitrogens with zero attached hydrogens (tertiary/aromatic N) is 1. The number of aryl methyl sites for hydroxylation is 1. The van der Waals surface area contributed by atoms with Crippen molar-refractivity contribution in [1.82, 2.24) is 4.57 Å². The molecule has 0 aliphatic rings. The summed E-state index contributed by atoms with van der Waals surface area (Å²) in [6.45, 7) is 4.64. The number of unbranched alkanes of at least 4 members (excludes halogenated alkanes) is 3. The first-order valence-corrected chi connectivity index (χ1v) is 31.6. The highest BCUT2D eigenvalue weighted by molar-refractivity contribution is 7.26. The summed E-state index contributed by atoms with van der Waals surface area (Å²) >= 11 is 3.74. The van der Waals surface area contributed by atoms with Crippen molar-refractivity contribution in [2.75, 3.05) is 0 Å². The number of furan rings is 2. The van der Waals surface area contributed by atoms with Gasteiger partial charge in [-0.1, -0.05) is 179 Å². The van der Waals surface area contributed by atoms with Crippen molar-refractivity contribution in [3.8, 4) is 50.2 Å². The number of thiophene rings is 2. The number of rotatable bonds is 12. The van der Waals surface area contributed by atoms with Crippen LogP contribution in [0.5, 0.6) is 0 Å².